The predicted octanol–water partition coefficient (Wildman–Crippen LogP) is -0.105. The molecule has 0 bridgehead atoms. The van der Waals surface area contributed by atoms with Gasteiger partial charge in [0.2, 0.25) is 0 Å². The van der Waals surface area contributed by atoms with Crippen LogP contribution in [0.15, 0.2) is 0 Å². The van der Waals surface area contributed by atoms with Crippen LogP contribution in [0.2, 0.25) is 0 Å². The Balaban J connectivity index is 2.22. The molecule has 0 spiro atoms. The lowest BCUT2D eigenvalue weighted by molar-refractivity contribution is -0.0505. The Morgan fingerprint density at radius 1 is 1.62 bits per heavy atom. The van der Waals surface area contributed by atoms with Gasteiger partial charge < -0.3 is 10.1 Å². The van der Waals surface area contributed by atoms with E-state index in [9.17, 15) is 0 Å². The molecule has 1 rings (SSSR count). The van der Waals surface area contributed by atoms with Crippen LogP contribution in [0.1, 0.15) is 13.3 Å². The highest BCUT2D eigenvalue weighted by molar-refractivity contribution is 4.72. The number of ether oxygens (including phenoxy) is 1. The summed E-state index contributed by atoms with van der Waals surface area (Å²) in [5.41, 5.74) is 0. The first-order valence-electron chi connectivity index (χ1n) is 3.17. The van der Waals surface area contributed by atoms with Gasteiger partial charge in [0.1, 0.15) is 0 Å². The molecule has 2 nitrogen and oxygen atoms in total. The van der Waals surface area contributed by atoms with Crippen LogP contribution in [0, 0.1) is 0 Å². The van der Waals surface area contributed by atoms with Gasteiger partial charge in [-0.1, -0.05) is 0 Å². The van der Waals surface area contributed by atoms with Gasteiger partial charge >= 0.3 is 0 Å². The van der Waals surface area contributed by atoms with Gasteiger partial charge in [-0.25, -0.2) is 0 Å². The number of likely N-dealkylation sites (N-methyl/N-ethyl adjacent to an activating group) is 1. The van der Waals surface area contributed by atoms with E-state index in [2.05, 4.69) is 17.0 Å². The van der Waals surface area contributed by atoms with E-state index >= 15 is 0 Å². The molecule has 0 amide bonds. The highest BCUT2D eigenvalue weighted by atomic mass is 16.5. The molecule has 0 aromatic rings. The van der Waals surface area contributed by atoms with Crippen LogP contribution in [0.3, 0.4) is 0 Å². The van der Waals surface area contributed by atoms with E-state index in [0.29, 0.717) is 12.1 Å². The van der Waals surface area contributed by atoms with Gasteiger partial charge in [-0.3, -0.25) is 0 Å². The molecule has 0 aromatic heterocycles. The first kappa shape index (κ1) is 6.05. The molecule has 2 heteroatoms. The van der Waals surface area contributed by atoms with Crippen LogP contribution in [-0.4, -0.2) is 30.5 Å². The number of hydrogen-bond acceptors (Lipinski definition) is 1. The SMILES string of the molecule is CNC1C[OH+]C(C)C1. The van der Waals surface area contributed by atoms with E-state index in [-0.39, 0.29) is 0 Å². The highest BCUT2D eigenvalue weighted by Gasteiger charge is 2.24. The van der Waals surface area contributed by atoms with Crippen molar-refractivity contribution in [3.8, 4) is 0 Å². The van der Waals surface area contributed by atoms with Crippen molar-refractivity contribution in [2.45, 2.75) is 25.5 Å². The third-order valence-electron chi connectivity index (χ3n) is 1.67. The Morgan fingerprint density at radius 2 is 2.38 bits per heavy atom. The van der Waals surface area contributed by atoms with Crippen LogP contribution < -0.4 is 5.32 Å². The Hall–Kier alpha value is -0.0800. The zero-order valence-electron chi connectivity index (χ0n) is 5.52. The minimum atomic E-state index is 0.590. The van der Waals surface area contributed by atoms with Crippen molar-refractivity contribution < 1.29 is 4.74 Å². The van der Waals surface area contributed by atoms with Crippen LogP contribution in [0.5, 0.6) is 0 Å². The van der Waals surface area contributed by atoms with Crippen LogP contribution in [0.4, 0.5) is 0 Å². The van der Waals surface area contributed by atoms with E-state index in [4.69, 9.17) is 0 Å². The van der Waals surface area contributed by atoms with Crippen LogP contribution in [0.25, 0.3) is 0 Å². The van der Waals surface area contributed by atoms with Crippen molar-refractivity contribution in [3.05, 3.63) is 0 Å². The summed E-state index contributed by atoms with van der Waals surface area (Å²) in [4.78, 5) is 0. The molecule has 0 saturated carbocycles. The Labute approximate surface area is 50.2 Å². The fourth-order valence-electron chi connectivity index (χ4n) is 1.08. The Morgan fingerprint density at radius 3 is 2.62 bits per heavy atom. The zero-order valence-corrected chi connectivity index (χ0v) is 5.52. The Bertz CT molecular complexity index is 74.9. The molecule has 0 aliphatic carbocycles. The quantitative estimate of drug-likeness (QED) is 0.475. The lowest BCUT2D eigenvalue weighted by Gasteiger charge is -1.97. The maximum Gasteiger partial charge on any atom is 0.160 e. The lowest BCUT2D eigenvalue weighted by atomic mass is 10.2. The van der Waals surface area contributed by atoms with Crippen molar-refractivity contribution in [2.75, 3.05) is 13.7 Å². The molecule has 48 valence electrons. The van der Waals surface area contributed by atoms with Crippen molar-refractivity contribution in [1.29, 1.82) is 0 Å². The van der Waals surface area contributed by atoms with Gasteiger partial charge in [0.05, 0.1) is 6.04 Å². The van der Waals surface area contributed by atoms with E-state index in [0.717, 1.165) is 6.61 Å². The van der Waals surface area contributed by atoms with Gasteiger partial charge in [-0.15, -0.1) is 0 Å². The van der Waals surface area contributed by atoms with Crippen LogP contribution in [-0.2, 0) is 0 Å². The van der Waals surface area contributed by atoms with Crippen molar-refractivity contribution in [1.82, 2.24) is 5.32 Å². The molecule has 0 radical (unpaired) electrons. The highest BCUT2D eigenvalue weighted by Crippen LogP contribution is 2.07. The summed E-state index contributed by atoms with van der Waals surface area (Å²) in [5, 5.41) is 3.20. The van der Waals surface area contributed by atoms with Gasteiger partial charge in [-0.2, -0.15) is 0 Å². The van der Waals surface area contributed by atoms with Gasteiger partial charge in [0, 0.05) is 13.3 Å². The molecule has 1 fully saturated rings. The van der Waals surface area contributed by atoms with E-state index in [1.807, 2.05) is 7.05 Å². The van der Waals surface area contributed by atoms with Gasteiger partial charge in [0.25, 0.3) is 0 Å². The fourth-order valence-corrected chi connectivity index (χ4v) is 1.08. The molecular weight excluding hydrogens is 102 g/mol. The summed E-state index contributed by atoms with van der Waals surface area (Å²) in [5.74, 6) is 0. The molecule has 1 aliphatic rings. The fraction of sp³-hybridized carbons (Fsp3) is 1.00. The summed E-state index contributed by atoms with van der Waals surface area (Å²) in [6.07, 6.45) is 1.81. The average Bonchev–Trinajstić information content (AvgIpc) is 2.14. The van der Waals surface area contributed by atoms with Crippen LogP contribution >= 0.6 is 0 Å². The maximum atomic E-state index is 4.33. The monoisotopic (exact) mass is 116 g/mol. The predicted molar refractivity (Wildman–Crippen MR) is 34.0 cm³/mol. The summed E-state index contributed by atoms with van der Waals surface area (Å²) in [6.45, 7) is 3.18. The molecule has 1 aliphatic heterocycles. The second kappa shape index (κ2) is 2.46. The average molecular weight is 116 g/mol. The molecule has 1 saturated heterocycles. The van der Waals surface area contributed by atoms with Gasteiger partial charge in [-0.05, 0) is 7.05 Å². The third kappa shape index (κ3) is 1.20. The number of rotatable bonds is 1. The molecule has 2 atom stereocenters. The smallest absolute Gasteiger partial charge is 0.160 e. The summed E-state index contributed by atoms with van der Waals surface area (Å²) in [6, 6.07) is 0.657. The topological polar surface area (TPSA) is 24.8 Å². The summed E-state index contributed by atoms with van der Waals surface area (Å²) in [7, 11) is 2.00. The molecule has 8 heavy (non-hydrogen) atoms. The molecule has 2 N–H and O–H groups in total. The first-order valence-corrected chi connectivity index (χ1v) is 3.17. The van der Waals surface area contributed by atoms with Crippen molar-refractivity contribution in [2.24, 2.45) is 0 Å². The number of hydrogen-bond donors (Lipinski definition) is 1. The first-order chi connectivity index (χ1) is 3.83. The standard InChI is InChI=1S/C6H13NO/c1-5-3-6(7-2)4-8-5/h5-7H,3-4H2,1-2H3/p+1. The van der Waals surface area contributed by atoms with Gasteiger partial charge in [0.15, 0.2) is 12.7 Å². The Kier molecular flexibility index (Phi) is 1.86. The molecular formula is C6H14NO+. The third-order valence-corrected chi connectivity index (χ3v) is 1.67. The van der Waals surface area contributed by atoms with E-state index in [1.165, 1.54) is 6.42 Å². The molecule has 0 aromatic carbocycles. The molecule has 2 unspecified atom stereocenters. The van der Waals surface area contributed by atoms with E-state index in [1.54, 1.807) is 0 Å². The second-order valence-corrected chi connectivity index (χ2v) is 2.44. The normalized spacial score (nSPS) is 38.2. The number of nitrogens with one attached hydrogen (secondary N) is 1. The minimum absolute atomic E-state index is 0.590. The second-order valence-electron chi connectivity index (χ2n) is 2.44. The van der Waals surface area contributed by atoms with Crippen molar-refractivity contribution in [3.63, 3.8) is 0 Å². The minimum Gasteiger partial charge on any atom is -0.430 e. The van der Waals surface area contributed by atoms with E-state index < -0.39 is 0 Å². The summed E-state index contributed by atoms with van der Waals surface area (Å²) >= 11 is 0. The maximum absolute atomic E-state index is 4.33. The molecule has 1 heterocycles. The lowest BCUT2D eigenvalue weighted by Crippen LogP contribution is -2.24. The zero-order chi connectivity index (χ0) is 5.98. The summed E-state index contributed by atoms with van der Waals surface area (Å²) < 4.78 is 4.33. The largest absolute Gasteiger partial charge is 0.430 e. The number of aliphatic hydroxyl groups is 2. The van der Waals surface area contributed by atoms with Crippen molar-refractivity contribution >= 4 is 0 Å².